The highest BCUT2D eigenvalue weighted by Crippen LogP contribution is 2.27. The van der Waals surface area contributed by atoms with Gasteiger partial charge in [0.05, 0.1) is 11.2 Å². The first-order valence-corrected chi connectivity index (χ1v) is 6.79. The van der Waals surface area contributed by atoms with Gasteiger partial charge in [0.15, 0.2) is 0 Å². The summed E-state index contributed by atoms with van der Waals surface area (Å²) >= 11 is 0. The van der Waals surface area contributed by atoms with Gasteiger partial charge < -0.3 is 15.8 Å². The molecule has 1 fully saturated rings. The van der Waals surface area contributed by atoms with E-state index in [-0.39, 0.29) is 0 Å². The van der Waals surface area contributed by atoms with E-state index in [1.165, 1.54) is 0 Å². The van der Waals surface area contributed by atoms with Crippen LogP contribution in [0.4, 0.5) is 11.4 Å². The monoisotopic (exact) mass is 257 g/mol. The highest BCUT2D eigenvalue weighted by molar-refractivity contribution is 5.98. The van der Waals surface area contributed by atoms with Crippen LogP contribution in [-0.4, -0.2) is 24.7 Å². The van der Waals surface area contributed by atoms with Crippen LogP contribution < -0.4 is 11.1 Å². The van der Waals surface area contributed by atoms with Crippen molar-refractivity contribution in [2.24, 2.45) is 5.92 Å². The molecule has 0 saturated carbocycles. The molecule has 0 radical (unpaired) electrons. The Hall–Kier alpha value is -1.81. The second-order valence-corrected chi connectivity index (χ2v) is 5.04. The number of anilines is 2. The van der Waals surface area contributed by atoms with Crippen LogP contribution >= 0.6 is 0 Å². The molecular weight excluding hydrogens is 238 g/mol. The van der Waals surface area contributed by atoms with Crippen LogP contribution in [0, 0.1) is 5.92 Å². The number of hydrogen-bond donors (Lipinski definition) is 2. The standard InChI is InChI=1S/C15H19N3O/c16-13-3-4-14(15-12(13)2-1-7-17-15)18-10-11-5-8-19-9-6-11/h1-4,7,11,18H,5-6,8-10,16H2. The lowest BCUT2D eigenvalue weighted by molar-refractivity contribution is 0.0699. The van der Waals surface area contributed by atoms with Crippen molar-refractivity contribution in [1.82, 2.24) is 4.98 Å². The zero-order valence-electron chi connectivity index (χ0n) is 10.9. The summed E-state index contributed by atoms with van der Waals surface area (Å²) in [5.74, 6) is 0.685. The second kappa shape index (κ2) is 5.45. The lowest BCUT2D eigenvalue weighted by atomic mass is 10.0. The minimum atomic E-state index is 0.685. The molecule has 3 N–H and O–H groups in total. The topological polar surface area (TPSA) is 60.2 Å². The van der Waals surface area contributed by atoms with Crippen molar-refractivity contribution in [3.05, 3.63) is 30.5 Å². The normalized spacial score (nSPS) is 16.6. The number of ether oxygens (including phenoxy) is 1. The van der Waals surface area contributed by atoms with Gasteiger partial charge in [-0.25, -0.2) is 0 Å². The van der Waals surface area contributed by atoms with Gasteiger partial charge in [0.2, 0.25) is 0 Å². The molecule has 0 atom stereocenters. The SMILES string of the molecule is Nc1ccc(NCC2CCOCC2)c2ncccc12. The van der Waals surface area contributed by atoms with Gasteiger partial charge in [-0.05, 0) is 43.0 Å². The maximum atomic E-state index is 5.98. The van der Waals surface area contributed by atoms with E-state index in [9.17, 15) is 0 Å². The number of nitrogens with one attached hydrogen (secondary N) is 1. The molecule has 100 valence electrons. The Morgan fingerprint density at radius 1 is 1.26 bits per heavy atom. The quantitative estimate of drug-likeness (QED) is 0.830. The van der Waals surface area contributed by atoms with Gasteiger partial charge in [-0.1, -0.05) is 0 Å². The number of fused-ring (bicyclic) bond motifs is 1. The van der Waals surface area contributed by atoms with E-state index in [2.05, 4.69) is 10.3 Å². The summed E-state index contributed by atoms with van der Waals surface area (Å²) in [5, 5.41) is 4.52. The fourth-order valence-corrected chi connectivity index (χ4v) is 2.54. The third-order valence-corrected chi connectivity index (χ3v) is 3.73. The van der Waals surface area contributed by atoms with E-state index in [0.29, 0.717) is 5.92 Å². The summed E-state index contributed by atoms with van der Waals surface area (Å²) < 4.78 is 5.38. The van der Waals surface area contributed by atoms with E-state index >= 15 is 0 Å². The van der Waals surface area contributed by atoms with Crippen molar-refractivity contribution < 1.29 is 4.74 Å². The number of benzene rings is 1. The number of pyridine rings is 1. The number of nitrogen functional groups attached to an aromatic ring is 1. The van der Waals surface area contributed by atoms with Crippen molar-refractivity contribution in [2.45, 2.75) is 12.8 Å². The first-order chi connectivity index (χ1) is 9.34. The Morgan fingerprint density at radius 2 is 2.11 bits per heavy atom. The Morgan fingerprint density at radius 3 is 2.95 bits per heavy atom. The Labute approximate surface area is 113 Å². The fourth-order valence-electron chi connectivity index (χ4n) is 2.54. The largest absolute Gasteiger partial charge is 0.398 e. The minimum Gasteiger partial charge on any atom is -0.398 e. The van der Waals surface area contributed by atoms with E-state index in [1.807, 2.05) is 24.3 Å². The zero-order chi connectivity index (χ0) is 13.1. The molecule has 19 heavy (non-hydrogen) atoms. The molecule has 2 heterocycles. The first kappa shape index (κ1) is 12.2. The van der Waals surface area contributed by atoms with Gasteiger partial charge in [-0.3, -0.25) is 4.98 Å². The first-order valence-electron chi connectivity index (χ1n) is 6.79. The fraction of sp³-hybridized carbons (Fsp3) is 0.400. The maximum Gasteiger partial charge on any atom is 0.0953 e. The predicted octanol–water partition coefficient (Wildman–Crippen LogP) is 2.66. The van der Waals surface area contributed by atoms with Crippen molar-refractivity contribution in [3.8, 4) is 0 Å². The van der Waals surface area contributed by atoms with Crippen molar-refractivity contribution >= 4 is 22.3 Å². The molecule has 4 nitrogen and oxygen atoms in total. The van der Waals surface area contributed by atoms with E-state index in [4.69, 9.17) is 10.5 Å². The molecule has 0 amide bonds. The summed E-state index contributed by atoms with van der Waals surface area (Å²) in [7, 11) is 0. The van der Waals surface area contributed by atoms with Gasteiger partial charge in [0.1, 0.15) is 0 Å². The van der Waals surface area contributed by atoms with Crippen LogP contribution in [0.15, 0.2) is 30.5 Å². The number of rotatable bonds is 3. The molecular formula is C15H19N3O. The molecule has 1 aromatic heterocycles. The molecule has 2 aromatic rings. The zero-order valence-corrected chi connectivity index (χ0v) is 10.9. The smallest absolute Gasteiger partial charge is 0.0953 e. The number of nitrogens with zero attached hydrogens (tertiary/aromatic N) is 1. The van der Waals surface area contributed by atoms with Crippen LogP contribution in [0.3, 0.4) is 0 Å². The number of hydrogen-bond acceptors (Lipinski definition) is 4. The minimum absolute atomic E-state index is 0.685. The molecule has 0 spiro atoms. The predicted molar refractivity (Wildman–Crippen MR) is 78.2 cm³/mol. The molecule has 3 rings (SSSR count). The molecule has 1 aliphatic heterocycles. The Kier molecular flexibility index (Phi) is 3.51. The summed E-state index contributed by atoms with van der Waals surface area (Å²) in [4.78, 5) is 4.44. The Bertz CT molecular complexity index is 564. The summed E-state index contributed by atoms with van der Waals surface area (Å²) in [6.07, 6.45) is 4.07. The highest BCUT2D eigenvalue weighted by atomic mass is 16.5. The summed E-state index contributed by atoms with van der Waals surface area (Å²) in [5.41, 5.74) is 8.78. The van der Waals surface area contributed by atoms with E-state index in [1.54, 1.807) is 6.20 Å². The third-order valence-electron chi connectivity index (χ3n) is 3.73. The van der Waals surface area contributed by atoms with Gasteiger partial charge >= 0.3 is 0 Å². The maximum absolute atomic E-state index is 5.98. The van der Waals surface area contributed by atoms with Crippen molar-refractivity contribution in [1.29, 1.82) is 0 Å². The van der Waals surface area contributed by atoms with Gasteiger partial charge in [0, 0.05) is 37.0 Å². The van der Waals surface area contributed by atoms with Gasteiger partial charge in [-0.2, -0.15) is 0 Å². The van der Waals surface area contributed by atoms with Crippen LogP contribution in [0.2, 0.25) is 0 Å². The van der Waals surface area contributed by atoms with Crippen LogP contribution in [0.1, 0.15) is 12.8 Å². The molecule has 0 bridgehead atoms. The molecule has 1 aliphatic rings. The number of nitrogens with two attached hydrogens (primary N) is 1. The van der Waals surface area contributed by atoms with Crippen LogP contribution in [0.25, 0.3) is 10.9 Å². The van der Waals surface area contributed by atoms with E-state index in [0.717, 1.165) is 54.9 Å². The van der Waals surface area contributed by atoms with Crippen LogP contribution in [0.5, 0.6) is 0 Å². The lowest BCUT2D eigenvalue weighted by Gasteiger charge is -2.23. The van der Waals surface area contributed by atoms with E-state index < -0.39 is 0 Å². The summed E-state index contributed by atoms with van der Waals surface area (Å²) in [6.45, 7) is 2.74. The van der Waals surface area contributed by atoms with Crippen LogP contribution in [-0.2, 0) is 4.74 Å². The Balaban J connectivity index is 1.79. The molecule has 1 saturated heterocycles. The highest BCUT2D eigenvalue weighted by Gasteiger charge is 2.14. The molecule has 1 aromatic carbocycles. The third kappa shape index (κ3) is 2.63. The molecule has 4 heteroatoms. The van der Waals surface area contributed by atoms with Crippen molar-refractivity contribution in [2.75, 3.05) is 30.8 Å². The average Bonchev–Trinajstić information content (AvgIpc) is 2.48. The second-order valence-electron chi connectivity index (χ2n) is 5.04. The average molecular weight is 257 g/mol. The van der Waals surface area contributed by atoms with Gasteiger partial charge in [0.25, 0.3) is 0 Å². The number of aromatic nitrogens is 1. The lowest BCUT2D eigenvalue weighted by Crippen LogP contribution is -2.22. The van der Waals surface area contributed by atoms with Gasteiger partial charge in [-0.15, -0.1) is 0 Å². The molecule has 0 aliphatic carbocycles. The molecule has 0 unspecified atom stereocenters. The van der Waals surface area contributed by atoms with Crippen molar-refractivity contribution in [3.63, 3.8) is 0 Å². The summed E-state index contributed by atoms with van der Waals surface area (Å²) in [6, 6.07) is 7.89.